The number of nitrogens with zero attached hydrogens (tertiary/aromatic N) is 3. The molecule has 0 N–H and O–H groups in total. The Bertz CT molecular complexity index is 566. The lowest BCUT2D eigenvalue weighted by atomic mass is 10.1. The molecule has 0 saturated carbocycles. The van der Waals surface area contributed by atoms with E-state index in [-0.39, 0.29) is 11.6 Å². The van der Waals surface area contributed by atoms with Gasteiger partial charge in [0, 0.05) is 31.7 Å². The normalized spacial score (nSPS) is 16.1. The summed E-state index contributed by atoms with van der Waals surface area (Å²) < 4.78 is 0. The fourth-order valence-electron chi connectivity index (χ4n) is 1.68. The minimum atomic E-state index is -0.473. The van der Waals surface area contributed by atoms with Gasteiger partial charge >= 0.3 is 6.03 Å². The van der Waals surface area contributed by atoms with Crippen LogP contribution in [0.25, 0.3) is 0 Å². The molecule has 0 unspecified atom stereocenters. The molecule has 1 aromatic carbocycles. The molecule has 0 atom stereocenters. The number of carbonyl (C=O) groups excluding carboxylic acids is 2. The molecule has 2 rings (SSSR count). The number of carbonyl (C=O) groups is 2. The summed E-state index contributed by atoms with van der Waals surface area (Å²) in [7, 11) is 4.79. The van der Waals surface area contributed by atoms with Crippen LogP contribution in [-0.4, -0.2) is 43.7 Å². The molecule has 0 aliphatic carbocycles. The van der Waals surface area contributed by atoms with E-state index in [2.05, 4.69) is 4.99 Å². The topological polar surface area (TPSA) is 53.0 Å². The number of anilines is 1. The molecule has 0 aromatic heterocycles. The van der Waals surface area contributed by atoms with Gasteiger partial charge in [-0.2, -0.15) is 4.99 Å². The fraction of sp³-hybridized carbons (Fsp3) is 0.250. The largest absolute Gasteiger partial charge is 0.343 e. The Morgan fingerprint density at radius 2 is 2.06 bits per heavy atom. The average Bonchev–Trinajstić information content (AvgIpc) is 2.54. The van der Waals surface area contributed by atoms with Crippen molar-refractivity contribution >= 4 is 34.9 Å². The number of urea groups is 1. The van der Waals surface area contributed by atoms with Gasteiger partial charge in [0.15, 0.2) is 0 Å². The summed E-state index contributed by atoms with van der Waals surface area (Å²) in [6.45, 7) is 0. The molecule has 6 heteroatoms. The third kappa shape index (κ3) is 1.97. The lowest BCUT2D eigenvalue weighted by molar-refractivity contribution is -0.111. The van der Waals surface area contributed by atoms with E-state index in [0.717, 1.165) is 0 Å². The molecule has 0 spiro atoms. The third-order valence-electron chi connectivity index (χ3n) is 2.67. The van der Waals surface area contributed by atoms with Gasteiger partial charge in [0.05, 0.1) is 5.69 Å². The fourth-order valence-corrected chi connectivity index (χ4v) is 1.85. The number of rotatable bonds is 0. The van der Waals surface area contributed by atoms with Gasteiger partial charge in [-0.1, -0.05) is 11.6 Å². The van der Waals surface area contributed by atoms with Crippen molar-refractivity contribution in [2.45, 2.75) is 0 Å². The van der Waals surface area contributed by atoms with Crippen LogP contribution in [0.15, 0.2) is 23.2 Å². The molecule has 3 amide bonds. The third-order valence-corrected chi connectivity index (χ3v) is 2.91. The van der Waals surface area contributed by atoms with Gasteiger partial charge in [0.1, 0.15) is 5.71 Å². The van der Waals surface area contributed by atoms with Crippen molar-refractivity contribution in [3.05, 3.63) is 28.8 Å². The summed E-state index contributed by atoms with van der Waals surface area (Å²) in [6, 6.07) is 4.60. The summed E-state index contributed by atoms with van der Waals surface area (Å²) in [6.07, 6.45) is 0. The summed E-state index contributed by atoms with van der Waals surface area (Å²) >= 11 is 5.90. The van der Waals surface area contributed by atoms with Crippen molar-refractivity contribution in [1.82, 2.24) is 4.90 Å². The van der Waals surface area contributed by atoms with Crippen molar-refractivity contribution in [3.63, 3.8) is 0 Å². The second kappa shape index (κ2) is 4.42. The molecular formula is C12H12ClN3O2. The number of hydrogen-bond donors (Lipinski definition) is 0. The Kier molecular flexibility index (Phi) is 3.09. The van der Waals surface area contributed by atoms with Crippen LogP contribution in [-0.2, 0) is 4.79 Å². The maximum Gasteiger partial charge on any atom is 0.343 e. The molecule has 1 aromatic rings. The highest BCUT2D eigenvalue weighted by molar-refractivity contribution is 6.55. The first-order valence-corrected chi connectivity index (χ1v) is 5.67. The van der Waals surface area contributed by atoms with Crippen molar-refractivity contribution in [2.75, 3.05) is 26.0 Å². The number of aliphatic imine (C=N–C) groups is 1. The predicted octanol–water partition coefficient (Wildman–Crippen LogP) is 1.79. The lowest BCUT2D eigenvalue weighted by Gasteiger charge is -2.08. The van der Waals surface area contributed by atoms with E-state index in [9.17, 15) is 9.59 Å². The molecule has 94 valence electrons. The molecule has 1 aliphatic rings. The monoisotopic (exact) mass is 265 g/mol. The van der Waals surface area contributed by atoms with Crippen LogP contribution in [0.1, 0.15) is 5.56 Å². The molecule has 1 heterocycles. The number of amides is 3. The summed E-state index contributed by atoms with van der Waals surface area (Å²) in [5.41, 5.74) is 1.42. The van der Waals surface area contributed by atoms with Crippen molar-refractivity contribution in [2.24, 2.45) is 4.99 Å². The van der Waals surface area contributed by atoms with E-state index >= 15 is 0 Å². The van der Waals surface area contributed by atoms with E-state index in [1.807, 2.05) is 0 Å². The Balaban J connectivity index is 2.55. The quantitative estimate of drug-likeness (QED) is 0.718. The standard InChI is InChI=1S/C12H12ClN3O2/c1-15(2)12(18)14-10-8-6-7(13)4-5-9(8)16(3)11(10)17/h4-6H,1-3H3/b14-10-. The second-order valence-electron chi connectivity index (χ2n) is 4.16. The lowest BCUT2D eigenvalue weighted by Crippen LogP contribution is -2.28. The van der Waals surface area contributed by atoms with Crippen molar-refractivity contribution < 1.29 is 9.59 Å². The molecule has 18 heavy (non-hydrogen) atoms. The molecule has 1 aliphatic heterocycles. The first-order valence-electron chi connectivity index (χ1n) is 5.29. The summed E-state index contributed by atoms with van der Waals surface area (Å²) in [5.74, 6) is -0.303. The van der Waals surface area contributed by atoms with E-state index in [4.69, 9.17) is 11.6 Å². The predicted molar refractivity (Wildman–Crippen MR) is 70.5 cm³/mol. The van der Waals surface area contributed by atoms with Gasteiger partial charge in [-0.25, -0.2) is 4.79 Å². The van der Waals surface area contributed by atoms with Crippen molar-refractivity contribution in [1.29, 1.82) is 0 Å². The number of hydrogen-bond acceptors (Lipinski definition) is 2. The smallest absolute Gasteiger partial charge is 0.329 e. The Hall–Kier alpha value is -1.88. The van der Waals surface area contributed by atoms with Crippen LogP contribution in [0.4, 0.5) is 10.5 Å². The zero-order valence-corrected chi connectivity index (χ0v) is 11.0. The Morgan fingerprint density at radius 3 is 2.67 bits per heavy atom. The van der Waals surface area contributed by atoms with Crippen LogP contribution in [0.2, 0.25) is 5.02 Å². The Morgan fingerprint density at radius 1 is 1.39 bits per heavy atom. The minimum Gasteiger partial charge on any atom is -0.329 e. The van der Waals surface area contributed by atoms with Crippen molar-refractivity contribution in [3.8, 4) is 0 Å². The van der Waals surface area contributed by atoms with Crippen LogP contribution < -0.4 is 4.90 Å². The van der Waals surface area contributed by atoms with Crippen LogP contribution in [0.3, 0.4) is 0 Å². The number of likely N-dealkylation sites (N-methyl/N-ethyl adjacent to an activating group) is 1. The average molecular weight is 266 g/mol. The van der Waals surface area contributed by atoms with Crippen LogP contribution in [0.5, 0.6) is 0 Å². The zero-order valence-electron chi connectivity index (χ0n) is 10.3. The molecule has 0 bridgehead atoms. The maximum absolute atomic E-state index is 12.0. The molecule has 0 saturated heterocycles. The van der Waals surface area contributed by atoms with E-state index in [1.165, 1.54) is 9.80 Å². The van der Waals surface area contributed by atoms with Crippen LogP contribution in [0, 0.1) is 0 Å². The first kappa shape index (κ1) is 12.6. The van der Waals surface area contributed by atoms with Gasteiger partial charge in [-0.15, -0.1) is 0 Å². The molecular weight excluding hydrogens is 254 g/mol. The van der Waals surface area contributed by atoms with Crippen LogP contribution >= 0.6 is 11.6 Å². The Labute approximate surface area is 110 Å². The number of fused-ring (bicyclic) bond motifs is 1. The first-order chi connectivity index (χ1) is 8.41. The maximum atomic E-state index is 12.0. The molecule has 5 nitrogen and oxygen atoms in total. The van der Waals surface area contributed by atoms with Gasteiger partial charge in [-0.3, -0.25) is 4.79 Å². The summed E-state index contributed by atoms with van der Waals surface area (Å²) in [5, 5.41) is 0.502. The molecule has 0 radical (unpaired) electrons. The highest BCUT2D eigenvalue weighted by Crippen LogP contribution is 2.30. The SMILES string of the molecule is CN(C)C(=O)/N=C1\C(=O)N(C)c2ccc(Cl)cc21. The van der Waals surface area contributed by atoms with E-state index in [1.54, 1.807) is 39.3 Å². The number of halogens is 1. The second-order valence-corrected chi connectivity index (χ2v) is 4.60. The van der Waals surface area contributed by atoms with E-state index in [0.29, 0.717) is 16.3 Å². The highest BCUT2D eigenvalue weighted by atomic mass is 35.5. The minimum absolute atomic E-state index is 0.133. The van der Waals surface area contributed by atoms with Gasteiger partial charge in [0.25, 0.3) is 5.91 Å². The van der Waals surface area contributed by atoms with Gasteiger partial charge in [-0.05, 0) is 18.2 Å². The van der Waals surface area contributed by atoms with Gasteiger partial charge < -0.3 is 9.80 Å². The number of benzene rings is 1. The molecule has 0 fully saturated rings. The zero-order chi connectivity index (χ0) is 13.4. The summed E-state index contributed by atoms with van der Waals surface area (Å²) in [4.78, 5) is 30.2. The van der Waals surface area contributed by atoms with Gasteiger partial charge in [0.2, 0.25) is 0 Å². The van der Waals surface area contributed by atoms with E-state index < -0.39 is 6.03 Å². The highest BCUT2D eigenvalue weighted by Gasteiger charge is 2.32.